The number of anilines is 2. The highest BCUT2D eigenvalue weighted by Gasteiger charge is 2.15. The van der Waals surface area contributed by atoms with Crippen molar-refractivity contribution < 1.29 is 8.42 Å². The lowest BCUT2D eigenvalue weighted by molar-refractivity contribution is 0.601. The average molecular weight is 368 g/mol. The predicted octanol–water partition coefficient (Wildman–Crippen LogP) is 4.45. The SMILES string of the molecule is CCCCCNc1ccc(NS(=O)(=O)c2ccc(Cl)c(C)c2)nc1. The summed E-state index contributed by atoms with van der Waals surface area (Å²) in [6, 6.07) is 8.03. The summed E-state index contributed by atoms with van der Waals surface area (Å²) in [5.41, 5.74) is 1.58. The zero-order valence-electron chi connectivity index (χ0n) is 13.8. The number of sulfonamides is 1. The topological polar surface area (TPSA) is 71.1 Å². The Morgan fingerprint density at radius 2 is 1.96 bits per heavy atom. The van der Waals surface area contributed by atoms with Crippen LogP contribution < -0.4 is 10.0 Å². The van der Waals surface area contributed by atoms with Crippen molar-refractivity contribution >= 4 is 33.1 Å². The van der Waals surface area contributed by atoms with Crippen molar-refractivity contribution in [1.29, 1.82) is 0 Å². The van der Waals surface area contributed by atoms with Gasteiger partial charge < -0.3 is 5.32 Å². The highest BCUT2D eigenvalue weighted by atomic mass is 35.5. The maximum atomic E-state index is 12.4. The monoisotopic (exact) mass is 367 g/mol. The molecule has 0 saturated carbocycles. The van der Waals surface area contributed by atoms with Gasteiger partial charge in [0.15, 0.2) is 0 Å². The van der Waals surface area contributed by atoms with Crippen LogP contribution in [0.4, 0.5) is 11.5 Å². The third-order valence-corrected chi connectivity index (χ3v) is 5.33. The highest BCUT2D eigenvalue weighted by molar-refractivity contribution is 7.92. The van der Waals surface area contributed by atoms with Gasteiger partial charge in [-0.05, 0) is 49.2 Å². The Labute approximate surface area is 148 Å². The molecule has 0 radical (unpaired) electrons. The number of pyridine rings is 1. The van der Waals surface area contributed by atoms with Crippen LogP contribution in [0.2, 0.25) is 5.02 Å². The minimum absolute atomic E-state index is 0.160. The van der Waals surface area contributed by atoms with Crippen molar-refractivity contribution in [3.63, 3.8) is 0 Å². The molecule has 0 aliphatic rings. The minimum atomic E-state index is -3.68. The van der Waals surface area contributed by atoms with E-state index in [0.29, 0.717) is 10.6 Å². The lowest BCUT2D eigenvalue weighted by Gasteiger charge is -2.10. The summed E-state index contributed by atoms with van der Waals surface area (Å²) < 4.78 is 27.2. The van der Waals surface area contributed by atoms with Crippen LogP contribution in [0.1, 0.15) is 31.7 Å². The largest absolute Gasteiger partial charge is 0.384 e. The number of unbranched alkanes of at least 4 members (excludes halogenated alkanes) is 2. The maximum absolute atomic E-state index is 12.4. The lowest BCUT2D eigenvalue weighted by atomic mass is 10.2. The quantitative estimate of drug-likeness (QED) is 0.676. The molecule has 2 N–H and O–H groups in total. The second-order valence-corrected chi connectivity index (χ2v) is 7.67. The molecule has 7 heteroatoms. The number of nitrogens with one attached hydrogen (secondary N) is 2. The van der Waals surface area contributed by atoms with E-state index in [2.05, 4.69) is 21.9 Å². The first-order chi connectivity index (χ1) is 11.4. The molecule has 0 unspecified atom stereocenters. The number of rotatable bonds is 8. The molecule has 0 spiro atoms. The first kappa shape index (κ1) is 18.5. The van der Waals surface area contributed by atoms with Gasteiger partial charge in [-0.15, -0.1) is 0 Å². The molecule has 2 aromatic rings. The lowest BCUT2D eigenvalue weighted by Crippen LogP contribution is -2.14. The summed E-state index contributed by atoms with van der Waals surface area (Å²) in [5, 5.41) is 3.79. The van der Waals surface area contributed by atoms with E-state index in [1.165, 1.54) is 25.0 Å². The van der Waals surface area contributed by atoms with Gasteiger partial charge in [0.1, 0.15) is 5.82 Å². The summed E-state index contributed by atoms with van der Waals surface area (Å²) in [6.45, 7) is 4.80. The van der Waals surface area contributed by atoms with Crippen molar-refractivity contribution in [3.8, 4) is 0 Å². The molecule has 1 aromatic carbocycles. The smallest absolute Gasteiger partial charge is 0.263 e. The summed E-state index contributed by atoms with van der Waals surface area (Å²) in [6.07, 6.45) is 5.07. The van der Waals surface area contributed by atoms with Gasteiger partial charge >= 0.3 is 0 Å². The Morgan fingerprint density at radius 3 is 2.58 bits per heavy atom. The van der Waals surface area contributed by atoms with E-state index in [4.69, 9.17) is 11.6 Å². The van der Waals surface area contributed by atoms with E-state index >= 15 is 0 Å². The Balaban J connectivity index is 2.03. The predicted molar refractivity (Wildman–Crippen MR) is 99.2 cm³/mol. The number of benzene rings is 1. The van der Waals surface area contributed by atoms with Crippen LogP contribution >= 0.6 is 11.6 Å². The minimum Gasteiger partial charge on any atom is -0.384 e. The first-order valence-electron chi connectivity index (χ1n) is 7.91. The third kappa shape index (κ3) is 5.11. The number of aromatic nitrogens is 1. The second kappa shape index (κ2) is 8.35. The number of halogens is 1. The molecule has 5 nitrogen and oxygen atoms in total. The number of nitrogens with zero attached hydrogens (tertiary/aromatic N) is 1. The zero-order valence-corrected chi connectivity index (χ0v) is 15.4. The molecule has 0 aliphatic heterocycles. The molecule has 0 bridgehead atoms. The van der Waals surface area contributed by atoms with Crippen LogP contribution in [0.5, 0.6) is 0 Å². The Bertz CT molecular complexity index is 777. The molecule has 24 heavy (non-hydrogen) atoms. The van der Waals surface area contributed by atoms with E-state index in [1.54, 1.807) is 25.3 Å². The molecule has 0 amide bonds. The summed E-state index contributed by atoms with van der Waals surface area (Å²) in [5.74, 6) is 0.279. The van der Waals surface area contributed by atoms with Crippen LogP contribution in [0.15, 0.2) is 41.4 Å². The average Bonchev–Trinajstić information content (AvgIpc) is 2.55. The fraction of sp³-hybridized carbons (Fsp3) is 0.353. The van der Waals surface area contributed by atoms with Gasteiger partial charge in [0.2, 0.25) is 0 Å². The van der Waals surface area contributed by atoms with Gasteiger partial charge in [0.25, 0.3) is 10.0 Å². The zero-order chi connectivity index (χ0) is 17.6. The molecule has 2 rings (SSSR count). The molecule has 1 aromatic heterocycles. The summed E-state index contributed by atoms with van der Waals surface area (Å²) in [4.78, 5) is 4.31. The van der Waals surface area contributed by atoms with Crippen LogP contribution in [0.3, 0.4) is 0 Å². The van der Waals surface area contributed by atoms with Gasteiger partial charge in [-0.3, -0.25) is 4.72 Å². The molecule has 0 saturated heterocycles. The van der Waals surface area contributed by atoms with Crippen LogP contribution in [-0.2, 0) is 10.0 Å². The number of hydrogen-bond donors (Lipinski definition) is 2. The van der Waals surface area contributed by atoms with Crippen molar-refractivity contribution in [2.24, 2.45) is 0 Å². The number of aryl methyl sites for hydroxylation is 1. The standard InChI is InChI=1S/C17H22ClN3O2S/c1-3-4-5-10-19-14-6-9-17(20-12-14)21-24(22,23)15-7-8-16(18)13(2)11-15/h6-9,11-12,19H,3-5,10H2,1-2H3,(H,20,21). The third-order valence-electron chi connectivity index (χ3n) is 3.55. The normalized spacial score (nSPS) is 11.3. The van der Waals surface area contributed by atoms with Crippen molar-refractivity contribution in [3.05, 3.63) is 47.1 Å². The molecular weight excluding hydrogens is 346 g/mol. The van der Waals surface area contributed by atoms with Crippen molar-refractivity contribution in [1.82, 2.24) is 4.98 Å². The molecule has 1 heterocycles. The van der Waals surface area contributed by atoms with Crippen molar-refractivity contribution in [2.75, 3.05) is 16.6 Å². The van der Waals surface area contributed by atoms with Gasteiger partial charge in [0, 0.05) is 11.6 Å². The molecule has 130 valence electrons. The van der Waals surface area contributed by atoms with Gasteiger partial charge in [-0.2, -0.15) is 0 Å². The summed E-state index contributed by atoms with van der Waals surface area (Å²) in [7, 11) is -3.68. The Hall–Kier alpha value is -1.79. The Kier molecular flexibility index (Phi) is 6.45. The van der Waals surface area contributed by atoms with Crippen LogP contribution in [-0.4, -0.2) is 19.9 Å². The number of hydrogen-bond acceptors (Lipinski definition) is 4. The molecule has 0 fully saturated rings. The van der Waals surface area contributed by atoms with Crippen LogP contribution in [0.25, 0.3) is 0 Å². The highest BCUT2D eigenvalue weighted by Crippen LogP contribution is 2.21. The summed E-state index contributed by atoms with van der Waals surface area (Å²) >= 11 is 5.94. The van der Waals surface area contributed by atoms with E-state index in [9.17, 15) is 8.42 Å². The molecule has 0 atom stereocenters. The van der Waals surface area contributed by atoms with E-state index < -0.39 is 10.0 Å². The molecular formula is C17H22ClN3O2S. The second-order valence-electron chi connectivity index (χ2n) is 5.58. The van der Waals surface area contributed by atoms with Crippen molar-refractivity contribution in [2.45, 2.75) is 38.0 Å². The fourth-order valence-electron chi connectivity index (χ4n) is 2.15. The maximum Gasteiger partial charge on any atom is 0.263 e. The first-order valence-corrected chi connectivity index (χ1v) is 9.77. The van der Waals surface area contributed by atoms with Gasteiger partial charge in [0.05, 0.1) is 16.8 Å². The van der Waals surface area contributed by atoms with E-state index in [-0.39, 0.29) is 10.7 Å². The van der Waals surface area contributed by atoms with E-state index in [0.717, 1.165) is 18.7 Å². The Morgan fingerprint density at radius 1 is 1.17 bits per heavy atom. The van der Waals surface area contributed by atoms with Crippen LogP contribution in [0, 0.1) is 6.92 Å². The van der Waals surface area contributed by atoms with Gasteiger partial charge in [-0.1, -0.05) is 31.4 Å². The molecule has 0 aliphatic carbocycles. The van der Waals surface area contributed by atoms with E-state index in [1.807, 2.05) is 6.07 Å². The van der Waals surface area contributed by atoms with Gasteiger partial charge in [-0.25, -0.2) is 13.4 Å². The fourth-order valence-corrected chi connectivity index (χ4v) is 3.36.